The average molecular weight is 451 g/mol. The molecule has 0 amide bonds. The van der Waals surface area contributed by atoms with Gasteiger partial charge in [0, 0.05) is 50.7 Å². The van der Waals surface area contributed by atoms with Gasteiger partial charge in [-0.1, -0.05) is 19.9 Å². The number of rotatable bonds is 5. The molecule has 0 unspecified atom stereocenters. The fourth-order valence-electron chi connectivity index (χ4n) is 2.81. The van der Waals surface area contributed by atoms with Crippen LogP contribution >= 0.6 is 0 Å². The number of hydrogen-bond donors (Lipinski definition) is 1. The van der Waals surface area contributed by atoms with Crippen LogP contribution in [-0.4, -0.2) is 29.8 Å². The van der Waals surface area contributed by atoms with Gasteiger partial charge in [-0.25, -0.2) is 22.8 Å². The molecule has 6 nitrogen and oxygen atoms in total. The van der Waals surface area contributed by atoms with Crippen LogP contribution in [0.4, 0.5) is 13.2 Å². The van der Waals surface area contributed by atoms with Gasteiger partial charge in [0.25, 0.3) is 0 Å². The van der Waals surface area contributed by atoms with Gasteiger partial charge in [-0.3, -0.25) is 0 Å². The van der Waals surface area contributed by atoms with Crippen molar-refractivity contribution < 1.29 is 51.0 Å². The predicted octanol–water partition coefficient (Wildman–Crippen LogP) is 2.28. The van der Waals surface area contributed by atoms with Crippen LogP contribution in [0.3, 0.4) is 0 Å². The van der Waals surface area contributed by atoms with Crippen molar-refractivity contribution in [3.63, 3.8) is 0 Å². The third kappa shape index (κ3) is 4.25. The van der Waals surface area contributed by atoms with Crippen molar-refractivity contribution in [2.75, 3.05) is 0 Å². The van der Waals surface area contributed by atoms with Crippen LogP contribution in [0.1, 0.15) is 29.8 Å². The first-order valence-corrected chi connectivity index (χ1v) is 7.73. The van der Waals surface area contributed by atoms with Crippen molar-refractivity contribution in [2.24, 2.45) is 0 Å². The smallest absolute Gasteiger partial charge is 0.137 e. The van der Waals surface area contributed by atoms with Gasteiger partial charge in [0.15, 0.2) is 0 Å². The number of aryl methyl sites for hydroxylation is 1. The van der Waals surface area contributed by atoms with E-state index in [-0.39, 0.29) is 56.2 Å². The molecule has 139 valence electrons. The van der Waals surface area contributed by atoms with Crippen LogP contribution in [0, 0.1) is 30.7 Å². The number of aromatic nitrogens is 5. The second kappa shape index (κ2) is 8.54. The van der Waals surface area contributed by atoms with Gasteiger partial charge in [0.05, 0.1) is 12.4 Å². The molecule has 1 N–H and O–H groups in total. The molecule has 0 aliphatic heterocycles. The topological polar surface area (TPSA) is 76.7 Å². The van der Waals surface area contributed by atoms with Crippen LogP contribution in [0.2, 0.25) is 0 Å². The van der Waals surface area contributed by atoms with E-state index in [1.807, 2.05) is 0 Å². The zero-order valence-corrected chi connectivity index (χ0v) is 17.4. The summed E-state index contributed by atoms with van der Waals surface area (Å²) in [6, 6.07) is 2.79. The molecule has 0 saturated heterocycles. The summed E-state index contributed by atoms with van der Waals surface area (Å²) >= 11 is 0. The first kappa shape index (κ1) is 21.6. The Hall–Kier alpha value is -1.71. The summed E-state index contributed by atoms with van der Waals surface area (Å²) in [6.07, 6.45) is 4.89. The standard InChI is InChI=1S/C17H15F3N5O.Y/c1-10(16-15(20)11(2)22-8-23-16)17(26,6-25-9-21-7-24-25)13-4-3-12(18)5-14(13)19;/h3-5,7,9-10,26H,6H2,1-2H3;/q-1;/t10-,17-;/m1./s1. The van der Waals surface area contributed by atoms with Crippen molar-refractivity contribution >= 4 is 0 Å². The molecule has 1 radical (unpaired) electrons. The molecule has 1 aromatic carbocycles. The molecule has 2 heterocycles. The maximum Gasteiger partial charge on any atom is 0.137 e. The average Bonchev–Trinajstić information content (AvgIpc) is 3.09. The second-order valence-electron chi connectivity index (χ2n) is 5.97. The van der Waals surface area contributed by atoms with Gasteiger partial charge >= 0.3 is 0 Å². The number of aliphatic hydroxyl groups is 1. The second-order valence-corrected chi connectivity index (χ2v) is 5.97. The molecule has 2 atom stereocenters. The molecule has 0 fully saturated rings. The van der Waals surface area contributed by atoms with Crippen LogP contribution < -0.4 is 0 Å². The molecular weight excluding hydrogens is 436 g/mol. The molecule has 0 saturated carbocycles. The van der Waals surface area contributed by atoms with E-state index in [0.29, 0.717) is 6.07 Å². The summed E-state index contributed by atoms with van der Waals surface area (Å²) in [5, 5.41) is 15.3. The first-order chi connectivity index (χ1) is 12.3. The van der Waals surface area contributed by atoms with Crippen LogP contribution in [-0.2, 0) is 44.9 Å². The number of nitrogens with zero attached hydrogens (tertiary/aromatic N) is 5. The number of halogens is 3. The van der Waals surface area contributed by atoms with Gasteiger partial charge in [-0.2, -0.15) is 5.10 Å². The summed E-state index contributed by atoms with van der Waals surface area (Å²) in [6.45, 7) is 2.66. The van der Waals surface area contributed by atoms with Crippen molar-refractivity contribution in [1.82, 2.24) is 24.7 Å². The molecule has 10 heteroatoms. The normalized spacial score (nSPS) is 14.3. The summed E-state index contributed by atoms with van der Waals surface area (Å²) in [7, 11) is 0. The minimum absolute atomic E-state index is 0. The molecular formula is C17H15F3N5OY-. The van der Waals surface area contributed by atoms with E-state index < -0.39 is 29.0 Å². The van der Waals surface area contributed by atoms with E-state index in [1.165, 1.54) is 31.2 Å². The fraction of sp³-hybridized carbons (Fsp3) is 0.294. The quantitative estimate of drug-likeness (QED) is 0.603. The summed E-state index contributed by atoms with van der Waals surface area (Å²) < 4.78 is 43.5. The molecule has 2 aromatic heterocycles. The zero-order chi connectivity index (χ0) is 18.9. The SMILES string of the molecule is Cc1n[c-]nc([C@@H](C)[C@](O)(Cn2cncn2)c2ccc(F)cc2F)c1F.[Y]. The van der Waals surface area contributed by atoms with Crippen molar-refractivity contribution in [2.45, 2.75) is 31.9 Å². The fourth-order valence-corrected chi connectivity index (χ4v) is 2.81. The molecule has 27 heavy (non-hydrogen) atoms. The summed E-state index contributed by atoms with van der Waals surface area (Å²) in [5.41, 5.74) is -2.29. The van der Waals surface area contributed by atoms with Crippen molar-refractivity contribution in [1.29, 1.82) is 0 Å². The maximum absolute atomic E-state index is 14.5. The van der Waals surface area contributed by atoms with Gasteiger partial charge in [0.1, 0.15) is 29.9 Å². The van der Waals surface area contributed by atoms with Gasteiger partial charge < -0.3 is 15.1 Å². The predicted molar refractivity (Wildman–Crippen MR) is 84.3 cm³/mol. The molecule has 0 aliphatic carbocycles. The number of hydrogen-bond acceptors (Lipinski definition) is 5. The largest absolute Gasteiger partial charge is 0.383 e. The Labute approximate surface area is 178 Å². The Morgan fingerprint density at radius 1 is 1.26 bits per heavy atom. The van der Waals surface area contributed by atoms with E-state index in [0.717, 1.165) is 12.1 Å². The number of benzene rings is 1. The van der Waals surface area contributed by atoms with Crippen LogP contribution in [0.25, 0.3) is 0 Å². The third-order valence-electron chi connectivity index (χ3n) is 4.32. The Bertz CT molecular complexity index is 925. The third-order valence-corrected chi connectivity index (χ3v) is 4.32. The van der Waals surface area contributed by atoms with E-state index in [1.54, 1.807) is 0 Å². The molecule has 3 rings (SSSR count). The van der Waals surface area contributed by atoms with Crippen LogP contribution in [0.15, 0.2) is 30.9 Å². The van der Waals surface area contributed by atoms with E-state index >= 15 is 0 Å². The van der Waals surface area contributed by atoms with E-state index in [4.69, 9.17) is 0 Å². The van der Waals surface area contributed by atoms with Crippen molar-refractivity contribution in [3.8, 4) is 0 Å². The van der Waals surface area contributed by atoms with E-state index in [2.05, 4.69) is 26.4 Å². The Morgan fingerprint density at radius 3 is 2.63 bits per heavy atom. The minimum atomic E-state index is -1.99. The molecule has 0 bridgehead atoms. The first-order valence-electron chi connectivity index (χ1n) is 7.73. The van der Waals surface area contributed by atoms with E-state index in [9.17, 15) is 18.3 Å². The van der Waals surface area contributed by atoms with Gasteiger partial charge in [-0.05, 0) is 23.4 Å². The summed E-state index contributed by atoms with van der Waals surface area (Å²) in [5.74, 6) is -3.51. The minimum Gasteiger partial charge on any atom is -0.383 e. The Balaban J connectivity index is 0.00000261. The van der Waals surface area contributed by atoms with Crippen molar-refractivity contribution in [3.05, 3.63) is 71.6 Å². The summed E-state index contributed by atoms with van der Waals surface area (Å²) in [4.78, 5) is 11.2. The Kier molecular flexibility index (Phi) is 6.83. The van der Waals surface area contributed by atoms with Gasteiger partial charge in [0.2, 0.25) is 0 Å². The maximum atomic E-state index is 14.5. The molecule has 0 spiro atoms. The van der Waals surface area contributed by atoms with Gasteiger partial charge in [-0.15, -0.1) is 0 Å². The Morgan fingerprint density at radius 2 is 2.00 bits per heavy atom. The molecule has 3 aromatic rings. The zero-order valence-electron chi connectivity index (χ0n) is 14.6. The molecule has 0 aliphatic rings. The monoisotopic (exact) mass is 451 g/mol. The van der Waals surface area contributed by atoms with Crippen LogP contribution in [0.5, 0.6) is 0 Å².